The van der Waals surface area contributed by atoms with Gasteiger partial charge < -0.3 is 0 Å². The Morgan fingerprint density at radius 3 is 1.64 bits per heavy atom. The third kappa shape index (κ3) is 10.9. The zero-order valence-corrected chi connectivity index (χ0v) is 18.7. The fourth-order valence-corrected chi connectivity index (χ4v) is 2.29. The molecule has 154 valence electrons. The number of nitrogens with zero attached hydrogens (tertiary/aromatic N) is 3. The molecule has 33 heavy (non-hydrogen) atoms. The maximum Gasteiger partial charge on any atom is 0.303 e. The zero-order valence-electron chi connectivity index (χ0n) is 18.7. The highest BCUT2D eigenvalue weighted by Crippen LogP contribution is 2.13. The van der Waals surface area contributed by atoms with Gasteiger partial charge in [0.1, 0.15) is 6.54 Å². The third-order valence-corrected chi connectivity index (χ3v) is 4.11. The fourth-order valence-electron chi connectivity index (χ4n) is 2.29. The molecule has 0 aliphatic carbocycles. The van der Waals surface area contributed by atoms with Crippen LogP contribution >= 0.6 is 0 Å². The highest BCUT2D eigenvalue weighted by molar-refractivity contribution is 5.94. The second kappa shape index (κ2) is 15.5. The van der Waals surface area contributed by atoms with Gasteiger partial charge in [0, 0.05) is 31.2 Å². The van der Waals surface area contributed by atoms with Crippen LogP contribution in [0.4, 0.5) is 0 Å². The van der Waals surface area contributed by atoms with Crippen molar-refractivity contribution in [3.05, 3.63) is 0 Å². The fraction of sp³-hybridized carbons (Fsp3) is 0.241. The summed E-state index contributed by atoms with van der Waals surface area (Å²) in [5.74, 6) is 47.6. The zero-order chi connectivity index (χ0) is 24.2. The minimum absolute atomic E-state index is 0.274. The predicted octanol–water partition coefficient (Wildman–Crippen LogP) is 0.335. The van der Waals surface area contributed by atoms with Crippen LogP contribution < -0.4 is 0 Å². The molecule has 1 rings (SSSR count). The number of hydrogen-bond donors (Lipinski definition) is 0. The minimum Gasteiger partial charge on any atom is -0.284 e. The summed E-state index contributed by atoms with van der Waals surface area (Å²) >= 11 is 0. The molecule has 1 unspecified atom stereocenters. The molecular weight excluding hydrogens is 406 g/mol. The number of hydrogen-bond acceptors (Lipinski definition) is 2. The van der Waals surface area contributed by atoms with Crippen LogP contribution in [0.1, 0.15) is 13.8 Å². The molecule has 1 heterocycles. The van der Waals surface area contributed by atoms with Gasteiger partial charge in [0.25, 0.3) is 0 Å². The number of quaternary nitrogens is 1. The van der Waals surface area contributed by atoms with Crippen LogP contribution in [-0.4, -0.2) is 54.5 Å². The molecule has 1 aliphatic heterocycles. The van der Waals surface area contributed by atoms with Crippen molar-refractivity contribution >= 4 is 11.7 Å². The molecular formula is C29H18N3O+. The van der Waals surface area contributed by atoms with Crippen molar-refractivity contribution in [2.24, 2.45) is 4.99 Å². The van der Waals surface area contributed by atoms with E-state index in [4.69, 9.17) is 6.42 Å². The van der Waals surface area contributed by atoms with Crippen molar-refractivity contribution in [2.75, 3.05) is 33.4 Å². The van der Waals surface area contributed by atoms with E-state index >= 15 is 0 Å². The summed E-state index contributed by atoms with van der Waals surface area (Å²) in [6, 6.07) is 0. The first-order valence-corrected chi connectivity index (χ1v) is 9.65. The van der Waals surface area contributed by atoms with Crippen LogP contribution in [0.15, 0.2) is 4.99 Å². The van der Waals surface area contributed by atoms with Gasteiger partial charge in [-0.15, -0.1) is 6.42 Å². The first-order chi connectivity index (χ1) is 16.0. The van der Waals surface area contributed by atoms with Crippen molar-refractivity contribution in [1.82, 2.24) is 4.90 Å². The van der Waals surface area contributed by atoms with E-state index in [0.717, 1.165) is 18.9 Å². The molecule has 0 saturated heterocycles. The first-order valence-electron chi connectivity index (χ1n) is 9.65. The summed E-state index contributed by atoms with van der Waals surface area (Å²) < 4.78 is 0.622. The maximum atomic E-state index is 12.3. The second-order valence-corrected chi connectivity index (χ2v) is 6.25. The van der Waals surface area contributed by atoms with E-state index in [2.05, 4.69) is 125 Å². The van der Waals surface area contributed by atoms with Crippen molar-refractivity contribution in [1.29, 1.82) is 0 Å². The number of carbonyl (C=O) groups is 1. The molecule has 4 nitrogen and oxygen atoms in total. The topological polar surface area (TPSA) is 32.7 Å². The lowest BCUT2D eigenvalue weighted by Crippen LogP contribution is -2.54. The van der Waals surface area contributed by atoms with Gasteiger partial charge in [0.2, 0.25) is 0 Å². The number of terminal acetylenes is 1. The van der Waals surface area contributed by atoms with E-state index in [9.17, 15) is 4.79 Å². The van der Waals surface area contributed by atoms with Gasteiger partial charge in [-0.3, -0.25) is 14.2 Å². The maximum absolute atomic E-state index is 12.3. The second-order valence-electron chi connectivity index (χ2n) is 6.25. The Labute approximate surface area is 197 Å². The predicted molar refractivity (Wildman–Crippen MR) is 130 cm³/mol. The number of amidine groups is 1. The molecule has 0 aromatic heterocycles. The monoisotopic (exact) mass is 424 g/mol. The highest BCUT2D eigenvalue weighted by Gasteiger charge is 2.33. The Morgan fingerprint density at radius 2 is 1.27 bits per heavy atom. The van der Waals surface area contributed by atoms with Crippen LogP contribution in [0.2, 0.25) is 0 Å². The van der Waals surface area contributed by atoms with E-state index in [-0.39, 0.29) is 5.91 Å². The summed E-state index contributed by atoms with van der Waals surface area (Å²) in [4.78, 5) is 18.4. The number of carbonyl (C=O) groups excluding carboxylic acids is 1. The molecule has 0 radical (unpaired) electrons. The molecule has 0 spiro atoms. The van der Waals surface area contributed by atoms with Gasteiger partial charge in [-0.05, 0) is 102 Å². The minimum atomic E-state index is -0.274. The van der Waals surface area contributed by atoms with Crippen molar-refractivity contribution in [3.63, 3.8) is 0 Å². The summed E-state index contributed by atoms with van der Waals surface area (Å²) in [6.07, 6.45) is 4.93. The normalized spacial score (nSPS) is 13.3. The number of aliphatic imine (C=N–C) groups is 1. The van der Waals surface area contributed by atoms with Gasteiger partial charge in [-0.2, -0.15) is 0 Å². The molecule has 0 aromatic carbocycles. The van der Waals surface area contributed by atoms with Gasteiger partial charge in [-0.25, -0.2) is 4.99 Å². The van der Waals surface area contributed by atoms with Crippen LogP contribution in [-0.2, 0) is 4.79 Å². The first kappa shape index (κ1) is 25.7. The smallest absolute Gasteiger partial charge is 0.284 e. The third-order valence-electron chi connectivity index (χ3n) is 4.11. The molecule has 0 saturated carbocycles. The summed E-state index contributed by atoms with van der Waals surface area (Å²) in [7, 11) is 2.06. The van der Waals surface area contributed by atoms with E-state index in [1.165, 1.54) is 0 Å². The molecule has 1 atom stereocenters. The summed E-state index contributed by atoms with van der Waals surface area (Å²) in [6.45, 7) is 6.66. The summed E-state index contributed by atoms with van der Waals surface area (Å²) in [5, 5.41) is 0. The van der Waals surface area contributed by atoms with Crippen LogP contribution in [0.5, 0.6) is 0 Å². The Kier molecular flexibility index (Phi) is 12.1. The van der Waals surface area contributed by atoms with Crippen LogP contribution in [0.25, 0.3) is 0 Å². The van der Waals surface area contributed by atoms with Gasteiger partial charge in [0.15, 0.2) is 12.5 Å². The Morgan fingerprint density at radius 1 is 0.848 bits per heavy atom. The highest BCUT2D eigenvalue weighted by atomic mass is 16.2. The number of likely N-dealkylation sites (N-methyl/N-ethyl adjacent to an activating group) is 1. The Bertz CT molecular complexity index is 1430. The lowest BCUT2D eigenvalue weighted by atomic mass is 10.4. The van der Waals surface area contributed by atoms with Crippen LogP contribution in [0.3, 0.4) is 0 Å². The molecule has 0 N–H and O–H groups in total. The standard InChI is InChI=1S/C29H18N3O/c1-5-7-8-9-10-11-12-13-14-15-16-17-18-19-20-21-22-23-24-29(33)31(6-2)27-32(4)26-25-30-28(32)3/h1H,6,25-27H2,2-4H3/q+1. The molecule has 4 heteroatoms. The molecule has 0 aromatic rings. The van der Waals surface area contributed by atoms with Crippen molar-refractivity contribution in [3.8, 4) is 119 Å². The van der Waals surface area contributed by atoms with E-state index in [1.54, 1.807) is 4.90 Å². The molecule has 0 fully saturated rings. The number of rotatable bonds is 3. The van der Waals surface area contributed by atoms with Crippen LogP contribution in [0, 0.1) is 119 Å². The summed E-state index contributed by atoms with van der Waals surface area (Å²) in [5.41, 5.74) is 0. The largest absolute Gasteiger partial charge is 0.303 e. The van der Waals surface area contributed by atoms with Gasteiger partial charge >= 0.3 is 5.91 Å². The molecule has 1 amide bonds. The van der Waals surface area contributed by atoms with E-state index in [1.807, 2.05) is 13.8 Å². The van der Waals surface area contributed by atoms with E-state index in [0.29, 0.717) is 17.7 Å². The SMILES string of the molecule is C#CC#CC#CC#CC#CC#CC#CC#CC#CC#CC(=O)N(CC)C[N+]1(C)CCN=C1C. The average Bonchev–Trinajstić information content (AvgIpc) is 3.14. The Balaban J connectivity index is 2.54. The Hall–Kier alpha value is -5.30. The average molecular weight is 424 g/mol. The van der Waals surface area contributed by atoms with E-state index < -0.39 is 0 Å². The lowest BCUT2D eigenvalue weighted by Gasteiger charge is -2.33. The van der Waals surface area contributed by atoms with Gasteiger partial charge in [-0.1, -0.05) is 0 Å². The quantitative estimate of drug-likeness (QED) is 0.475. The van der Waals surface area contributed by atoms with Crippen molar-refractivity contribution < 1.29 is 9.28 Å². The molecule has 0 bridgehead atoms. The lowest BCUT2D eigenvalue weighted by molar-refractivity contribution is -0.824. The molecule has 1 aliphatic rings. The van der Waals surface area contributed by atoms with Gasteiger partial charge in [0.05, 0.1) is 13.6 Å². The number of amides is 1. The van der Waals surface area contributed by atoms with Crippen molar-refractivity contribution in [2.45, 2.75) is 13.8 Å².